The van der Waals surface area contributed by atoms with E-state index in [4.69, 9.17) is 0 Å². The first kappa shape index (κ1) is 15.5. The molecule has 1 N–H and O–H groups in total. The van der Waals surface area contributed by atoms with Crippen LogP contribution in [0.5, 0.6) is 0 Å². The first-order valence-electron chi connectivity index (χ1n) is 8.25. The van der Waals surface area contributed by atoms with Crippen molar-refractivity contribution < 1.29 is 0 Å². The molecular formula is C18H30N2. The number of rotatable bonds is 5. The maximum Gasteiger partial charge on any atom is 0.0233 e. The summed E-state index contributed by atoms with van der Waals surface area (Å²) in [5, 5.41) is 3.25. The average molecular weight is 274 g/mol. The summed E-state index contributed by atoms with van der Waals surface area (Å²) in [5.74, 6) is 0.593. The molecule has 0 radical (unpaired) electrons. The second-order valence-electron chi connectivity index (χ2n) is 6.24. The molecule has 20 heavy (non-hydrogen) atoms. The van der Waals surface area contributed by atoms with Crippen LogP contribution in [-0.4, -0.2) is 31.6 Å². The van der Waals surface area contributed by atoms with E-state index in [0.717, 1.165) is 13.1 Å². The SMILES string of the molecule is CNCC(C)c1ccc(CN2CCCCCCC2)cc1. The Labute approximate surface area is 124 Å². The topological polar surface area (TPSA) is 15.3 Å². The Morgan fingerprint density at radius 3 is 2.20 bits per heavy atom. The summed E-state index contributed by atoms with van der Waals surface area (Å²) in [7, 11) is 2.02. The molecule has 1 fully saturated rings. The summed E-state index contributed by atoms with van der Waals surface area (Å²) in [5.41, 5.74) is 2.90. The molecule has 0 amide bonds. The molecule has 0 aliphatic carbocycles. The van der Waals surface area contributed by atoms with Gasteiger partial charge in [0.2, 0.25) is 0 Å². The Kier molecular flexibility index (Phi) is 6.55. The van der Waals surface area contributed by atoms with Gasteiger partial charge in [-0.25, -0.2) is 0 Å². The van der Waals surface area contributed by atoms with Crippen LogP contribution < -0.4 is 5.32 Å². The fourth-order valence-electron chi connectivity index (χ4n) is 3.10. The van der Waals surface area contributed by atoms with Crippen LogP contribution in [0.15, 0.2) is 24.3 Å². The Morgan fingerprint density at radius 1 is 1.00 bits per heavy atom. The molecule has 0 aromatic heterocycles. The third kappa shape index (κ3) is 4.92. The zero-order valence-electron chi connectivity index (χ0n) is 13.2. The Bertz CT molecular complexity index is 364. The zero-order valence-corrected chi connectivity index (χ0v) is 13.2. The maximum absolute atomic E-state index is 3.25. The third-order valence-electron chi connectivity index (χ3n) is 4.41. The van der Waals surface area contributed by atoms with E-state index < -0.39 is 0 Å². The molecule has 1 saturated heterocycles. The van der Waals surface area contributed by atoms with Gasteiger partial charge in [0.1, 0.15) is 0 Å². The van der Waals surface area contributed by atoms with Crippen LogP contribution in [0.4, 0.5) is 0 Å². The van der Waals surface area contributed by atoms with Gasteiger partial charge in [-0.15, -0.1) is 0 Å². The predicted molar refractivity (Wildman–Crippen MR) is 87.1 cm³/mol. The monoisotopic (exact) mass is 274 g/mol. The fraction of sp³-hybridized carbons (Fsp3) is 0.667. The first-order chi connectivity index (χ1) is 9.79. The van der Waals surface area contributed by atoms with E-state index in [2.05, 4.69) is 41.4 Å². The molecule has 1 heterocycles. The second-order valence-corrected chi connectivity index (χ2v) is 6.24. The minimum Gasteiger partial charge on any atom is -0.319 e. The van der Waals surface area contributed by atoms with Crippen LogP contribution in [0.3, 0.4) is 0 Å². The predicted octanol–water partition coefficient (Wildman–Crippen LogP) is 3.78. The van der Waals surface area contributed by atoms with Crippen molar-refractivity contribution in [3.05, 3.63) is 35.4 Å². The van der Waals surface area contributed by atoms with Crippen molar-refractivity contribution in [2.24, 2.45) is 0 Å². The number of nitrogens with zero attached hydrogens (tertiary/aromatic N) is 1. The van der Waals surface area contributed by atoms with Crippen LogP contribution in [0.2, 0.25) is 0 Å². The highest BCUT2D eigenvalue weighted by Crippen LogP contribution is 2.17. The molecule has 2 heteroatoms. The summed E-state index contributed by atoms with van der Waals surface area (Å²) >= 11 is 0. The molecule has 1 unspecified atom stereocenters. The van der Waals surface area contributed by atoms with Crippen molar-refractivity contribution in [2.45, 2.75) is 51.5 Å². The van der Waals surface area contributed by atoms with Crippen molar-refractivity contribution in [3.8, 4) is 0 Å². The van der Waals surface area contributed by atoms with Crippen molar-refractivity contribution >= 4 is 0 Å². The molecule has 1 aromatic carbocycles. The van der Waals surface area contributed by atoms with E-state index >= 15 is 0 Å². The standard InChI is InChI=1S/C18H30N2/c1-16(14-19-2)18-10-8-17(9-11-18)15-20-12-6-4-3-5-7-13-20/h8-11,16,19H,3-7,12-15H2,1-2H3. The van der Waals surface area contributed by atoms with Crippen molar-refractivity contribution in [1.29, 1.82) is 0 Å². The number of likely N-dealkylation sites (N-methyl/N-ethyl adjacent to an activating group) is 1. The summed E-state index contributed by atoms with van der Waals surface area (Å²) in [6.45, 7) is 7.01. The number of nitrogens with one attached hydrogen (secondary N) is 1. The molecule has 1 atom stereocenters. The van der Waals surface area contributed by atoms with Crippen LogP contribution in [-0.2, 0) is 6.54 Å². The van der Waals surface area contributed by atoms with Gasteiger partial charge in [-0.05, 0) is 50.0 Å². The lowest BCUT2D eigenvalue weighted by Crippen LogP contribution is -2.26. The highest BCUT2D eigenvalue weighted by molar-refractivity contribution is 5.25. The largest absolute Gasteiger partial charge is 0.319 e. The lowest BCUT2D eigenvalue weighted by atomic mass is 9.99. The van der Waals surface area contributed by atoms with Crippen molar-refractivity contribution in [1.82, 2.24) is 10.2 Å². The number of benzene rings is 1. The number of hydrogen-bond donors (Lipinski definition) is 1. The second kappa shape index (κ2) is 8.43. The first-order valence-corrected chi connectivity index (χ1v) is 8.25. The van der Waals surface area contributed by atoms with E-state index in [1.807, 2.05) is 7.05 Å². The highest BCUT2D eigenvalue weighted by Gasteiger charge is 2.09. The van der Waals surface area contributed by atoms with Crippen molar-refractivity contribution in [2.75, 3.05) is 26.7 Å². The fourth-order valence-corrected chi connectivity index (χ4v) is 3.10. The van der Waals surface area contributed by atoms with Crippen LogP contribution in [0.25, 0.3) is 0 Å². The lowest BCUT2D eigenvalue weighted by Gasteiger charge is -2.24. The molecule has 2 nitrogen and oxygen atoms in total. The summed E-state index contributed by atoms with van der Waals surface area (Å²) in [6, 6.07) is 9.25. The van der Waals surface area contributed by atoms with Gasteiger partial charge in [-0.3, -0.25) is 4.90 Å². The van der Waals surface area contributed by atoms with Gasteiger partial charge in [-0.2, -0.15) is 0 Å². The van der Waals surface area contributed by atoms with E-state index in [0.29, 0.717) is 5.92 Å². The van der Waals surface area contributed by atoms with Gasteiger partial charge in [-0.1, -0.05) is 50.5 Å². The van der Waals surface area contributed by atoms with Gasteiger partial charge in [0.05, 0.1) is 0 Å². The molecule has 0 spiro atoms. The van der Waals surface area contributed by atoms with E-state index in [1.54, 1.807) is 0 Å². The smallest absolute Gasteiger partial charge is 0.0233 e. The summed E-state index contributed by atoms with van der Waals surface area (Å²) < 4.78 is 0. The number of likely N-dealkylation sites (tertiary alicyclic amines) is 1. The Morgan fingerprint density at radius 2 is 1.60 bits per heavy atom. The van der Waals surface area contributed by atoms with Gasteiger partial charge < -0.3 is 5.32 Å². The van der Waals surface area contributed by atoms with Crippen LogP contribution >= 0.6 is 0 Å². The molecule has 2 rings (SSSR count). The molecule has 112 valence electrons. The van der Waals surface area contributed by atoms with E-state index in [1.165, 1.54) is 56.3 Å². The molecular weight excluding hydrogens is 244 g/mol. The molecule has 0 bridgehead atoms. The minimum absolute atomic E-state index is 0.593. The van der Waals surface area contributed by atoms with Crippen LogP contribution in [0, 0.1) is 0 Å². The molecule has 0 saturated carbocycles. The Balaban J connectivity index is 1.88. The van der Waals surface area contributed by atoms with E-state index in [9.17, 15) is 0 Å². The van der Waals surface area contributed by atoms with Gasteiger partial charge in [0.15, 0.2) is 0 Å². The van der Waals surface area contributed by atoms with Crippen molar-refractivity contribution in [3.63, 3.8) is 0 Å². The lowest BCUT2D eigenvalue weighted by molar-refractivity contribution is 0.240. The maximum atomic E-state index is 3.25. The zero-order chi connectivity index (χ0) is 14.2. The summed E-state index contributed by atoms with van der Waals surface area (Å²) in [4.78, 5) is 2.63. The quantitative estimate of drug-likeness (QED) is 0.879. The summed E-state index contributed by atoms with van der Waals surface area (Å²) in [6.07, 6.45) is 7.01. The van der Waals surface area contributed by atoms with E-state index in [-0.39, 0.29) is 0 Å². The van der Waals surface area contributed by atoms with Crippen LogP contribution in [0.1, 0.15) is 56.1 Å². The minimum atomic E-state index is 0.593. The normalized spacial score (nSPS) is 19.3. The number of hydrogen-bond acceptors (Lipinski definition) is 2. The molecule has 1 aromatic rings. The van der Waals surface area contributed by atoms with Gasteiger partial charge >= 0.3 is 0 Å². The average Bonchev–Trinajstić information content (AvgIpc) is 2.43. The Hall–Kier alpha value is -0.860. The molecule has 1 aliphatic rings. The highest BCUT2D eigenvalue weighted by atomic mass is 15.1. The molecule has 1 aliphatic heterocycles. The van der Waals surface area contributed by atoms with Gasteiger partial charge in [0.25, 0.3) is 0 Å². The van der Waals surface area contributed by atoms with Gasteiger partial charge in [0, 0.05) is 13.1 Å². The third-order valence-corrected chi connectivity index (χ3v) is 4.41.